The van der Waals surface area contributed by atoms with Gasteiger partial charge >= 0.3 is 5.97 Å². The predicted molar refractivity (Wildman–Crippen MR) is 68.7 cm³/mol. The minimum atomic E-state index is -0.382. The van der Waals surface area contributed by atoms with Crippen molar-refractivity contribution < 1.29 is 13.9 Å². The Morgan fingerprint density at radius 3 is 2.72 bits per heavy atom. The topological polar surface area (TPSA) is 39.4 Å². The number of furan rings is 1. The Balaban J connectivity index is 1.85. The summed E-state index contributed by atoms with van der Waals surface area (Å²) in [7, 11) is 0. The van der Waals surface area contributed by atoms with Gasteiger partial charge in [-0.15, -0.1) is 0 Å². The molecule has 0 aliphatic carbocycles. The van der Waals surface area contributed by atoms with Gasteiger partial charge in [-0.05, 0) is 30.7 Å². The van der Waals surface area contributed by atoms with Crippen molar-refractivity contribution in [3.8, 4) is 0 Å². The molecule has 0 aliphatic rings. The molecule has 3 nitrogen and oxygen atoms in total. The lowest BCUT2D eigenvalue weighted by Crippen LogP contribution is -1.99. The van der Waals surface area contributed by atoms with Crippen LogP contribution in [0.2, 0.25) is 0 Å². The van der Waals surface area contributed by atoms with Crippen LogP contribution in [0.4, 0.5) is 0 Å². The molecule has 1 heterocycles. The Hall–Kier alpha value is -2.29. The van der Waals surface area contributed by atoms with Crippen molar-refractivity contribution in [2.24, 2.45) is 0 Å². The van der Waals surface area contributed by atoms with Gasteiger partial charge in [-0.3, -0.25) is 0 Å². The Labute approximate surface area is 106 Å². The summed E-state index contributed by atoms with van der Waals surface area (Å²) >= 11 is 0. The van der Waals surface area contributed by atoms with E-state index in [1.54, 1.807) is 24.5 Å². The highest BCUT2D eigenvalue weighted by atomic mass is 16.5. The fourth-order valence-electron chi connectivity index (χ4n) is 1.43. The summed E-state index contributed by atoms with van der Waals surface area (Å²) in [6.07, 6.45) is 4.68. The zero-order chi connectivity index (χ0) is 12.8. The van der Waals surface area contributed by atoms with E-state index in [0.29, 0.717) is 5.76 Å². The van der Waals surface area contributed by atoms with Gasteiger partial charge in [0.15, 0.2) is 0 Å². The molecular weight excluding hydrogens is 228 g/mol. The van der Waals surface area contributed by atoms with Gasteiger partial charge in [0.25, 0.3) is 0 Å². The first-order valence-electron chi connectivity index (χ1n) is 5.68. The van der Waals surface area contributed by atoms with E-state index in [1.807, 2.05) is 31.2 Å². The van der Waals surface area contributed by atoms with E-state index in [0.717, 1.165) is 5.56 Å². The summed E-state index contributed by atoms with van der Waals surface area (Å²) in [6.45, 7) is 2.18. The third kappa shape index (κ3) is 3.63. The molecule has 0 saturated heterocycles. The van der Waals surface area contributed by atoms with Crippen LogP contribution in [0.5, 0.6) is 0 Å². The molecular formula is C15H14O3. The molecule has 0 N–H and O–H groups in total. The molecule has 0 radical (unpaired) electrons. The van der Waals surface area contributed by atoms with Crippen LogP contribution < -0.4 is 0 Å². The summed E-state index contributed by atoms with van der Waals surface area (Å²) in [6, 6.07) is 11.4. The molecule has 2 aromatic rings. The smallest absolute Gasteiger partial charge is 0.331 e. The van der Waals surface area contributed by atoms with Crippen LogP contribution in [0.15, 0.2) is 53.2 Å². The summed E-state index contributed by atoms with van der Waals surface area (Å²) in [5, 5.41) is 0. The van der Waals surface area contributed by atoms with Crippen molar-refractivity contribution in [3.63, 3.8) is 0 Å². The summed E-state index contributed by atoms with van der Waals surface area (Å²) in [4.78, 5) is 11.4. The van der Waals surface area contributed by atoms with Crippen molar-refractivity contribution in [2.45, 2.75) is 13.5 Å². The quantitative estimate of drug-likeness (QED) is 0.609. The van der Waals surface area contributed by atoms with Gasteiger partial charge < -0.3 is 9.15 Å². The summed E-state index contributed by atoms with van der Waals surface area (Å²) in [5.74, 6) is 0.249. The summed E-state index contributed by atoms with van der Waals surface area (Å²) in [5.41, 5.74) is 2.16. The second-order valence-electron chi connectivity index (χ2n) is 3.93. The lowest BCUT2D eigenvalue weighted by molar-refractivity contribution is -0.139. The number of rotatable bonds is 4. The van der Waals surface area contributed by atoms with E-state index < -0.39 is 0 Å². The zero-order valence-corrected chi connectivity index (χ0v) is 10.1. The van der Waals surface area contributed by atoms with Gasteiger partial charge in [0.05, 0.1) is 6.26 Å². The normalized spacial score (nSPS) is 10.7. The van der Waals surface area contributed by atoms with Crippen molar-refractivity contribution in [1.29, 1.82) is 0 Å². The van der Waals surface area contributed by atoms with Gasteiger partial charge in [-0.1, -0.05) is 29.8 Å². The second-order valence-corrected chi connectivity index (χ2v) is 3.93. The van der Waals surface area contributed by atoms with Crippen LogP contribution in [0.3, 0.4) is 0 Å². The number of carbonyl (C=O) groups excluding carboxylic acids is 1. The molecule has 0 amide bonds. The van der Waals surface area contributed by atoms with Crippen LogP contribution in [-0.2, 0) is 16.1 Å². The molecule has 0 bridgehead atoms. The number of benzene rings is 1. The Morgan fingerprint density at radius 2 is 2.06 bits per heavy atom. The van der Waals surface area contributed by atoms with Gasteiger partial charge in [-0.2, -0.15) is 0 Å². The number of esters is 1. The number of hydrogen-bond acceptors (Lipinski definition) is 3. The fraction of sp³-hybridized carbons (Fsp3) is 0.133. The molecule has 1 aromatic carbocycles. The average Bonchev–Trinajstić information content (AvgIpc) is 2.89. The van der Waals surface area contributed by atoms with E-state index in [9.17, 15) is 4.79 Å². The molecule has 2 rings (SSSR count). The Kier molecular flexibility index (Phi) is 3.97. The number of hydrogen-bond donors (Lipinski definition) is 0. The maximum atomic E-state index is 11.4. The molecule has 0 fully saturated rings. The minimum Gasteiger partial charge on any atom is -0.466 e. The Bertz CT molecular complexity index is 521. The van der Waals surface area contributed by atoms with Crippen LogP contribution in [0, 0.1) is 6.92 Å². The first-order chi connectivity index (χ1) is 8.74. The molecule has 0 spiro atoms. The minimum absolute atomic E-state index is 0.157. The highest BCUT2D eigenvalue weighted by molar-refractivity contribution is 5.86. The average molecular weight is 242 g/mol. The van der Waals surface area contributed by atoms with Crippen molar-refractivity contribution in [3.05, 3.63) is 65.6 Å². The lowest BCUT2D eigenvalue weighted by Gasteiger charge is -1.98. The van der Waals surface area contributed by atoms with E-state index in [2.05, 4.69) is 0 Å². The van der Waals surface area contributed by atoms with Crippen molar-refractivity contribution >= 4 is 12.0 Å². The zero-order valence-electron chi connectivity index (χ0n) is 10.1. The standard InChI is InChI=1S/C15H14O3/c1-12-4-6-13(7-5-12)8-9-15(16)18-11-14-3-2-10-17-14/h2-10H,11H2,1H3. The predicted octanol–water partition coefficient (Wildman–Crippen LogP) is 3.34. The SMILES string of the molecule is Cc1ccc(C=CC(=O)OCc2ccco2)cc1. The molecule has 92 valence electrons. The maximum absolute atomic E-state index is 11.4. The first kappa shape index (κ1) is 12.2. The van der Waals surface area contributed by atoms with Crippen LogP contribution in [-0.4, -0.2) is 5.97 Å². The molecule has 0 unspecified atom stereocenters. The van der Waals surface area contributed by atoms with Gasteiger partial charge in [0, 0.05) is 6.08 Å². The van der Waals surface area contributed by atoms with Gasteiger partial charge in [0.2, 0.25) is 0 Å². The highest BCUT2D eigenvalue weighted by Crippen LogP contribution is 2.06. The van der Waals surface area contributed by atoms with Crippen LogP contribution in [0.25, 0.3) is 6.08 Å². The number of ether oxygens (including phenoxy) is 1. The maximum Gasteiger partial charge on any atom is 0.331 e. The van der Waals surface area contributed by atoms with Gasteiger partial charge in [-0.25, -0.2) is 4.79 Å². The second kappa shape index (κ2) is 5.87. The number of carbonyl (C=O) groups is 1. The largest absolute Gasteiger partial charge is 0.466 e. The molecule has 1 aromatic heterocycles. The van der Waals surface area contributed by atoms with Crippen LogP contribution in [0.1, 0.15) is 16.9 Å². The monoisotopic (exact) mass is 242 g/mol. The molecule has 0 aliphatic heterocycles. The molecule has 18 heavy (non-hydrogen) atoms. The van der Waals surface area contributed by atoms with E-state index in [1.165, 1.54) is 11.6 Å². The number of aryl methyl sites for hydroxylation is 1. The first-order valence-corrected chi connectivity index (χ1v) is 5.68. The van der Waals surface area contributed by atoms with Crippen LogP contribution >= 0.6 is 0 Å². The molecule has 0 saturated carbocycles. The summed E-state index contributed by atoms with van der Waals surface area (Å²) < 4.78 is 10.1. The molecule has 0 atom stereocenters. The Morgan fingerprint density at radius 1 is 1.28 bits per heavy atom. The third-order valence-electron chi connectivity index (χ3n) is 2.43. The molecule has 3 heteroatoms. The highest BCUT2D eigenvalue weighted by Gasteiger charge is 2.00. The van der Waals surface area contributed by atoms with Crippen molar-refractivity contribution in [2.75, 3.05) is 0 Å². The van der Waals surface area contributed by atoms with E-state index in [4.69, 9.17) is 9.15 Å². The fourth-order valence-corrected chi connectivity index (χ4v) is 1.43. The van der Waals surface area contributed by atoms with Crippen molar-refractivity contribution in [1.82, 2.24) is 0 Å². The van der Waals surface area contributed by atoms with Gasteiger partial charge in [0.1, 0.15) is 12.4 Å². The van der Waals surface area contributed by atoms with E-state index in [-0.39, 0.29) is 12.6 Å². The third-order valence-corrected chi connectivity index (χ3v) is 2.43. The lowest BCUT2D eigenvalue weighted by atomic mass is 10.1. The van der Waals surface area contributed by atoms with E-state index >= 15 is 0 Å².